The normalized spacial score (nSPS) is 23.4. The first-order chi connectivity index (χ1) is 13.7. The standard InChI is InChI=1S/C23H23ClN2OS/c24-19-8-9-20-21(13-19)28-23(25-20)26(14-15-4-2-1-3-5-15)22(27)12-18-11-16-6-7-17(18)10-16/h1-5,8-9,13,16-18H,6-7,10-12,14H2/t16-,17-,18-/m0/s1. The summed E-state index contributed by atoms with van der Waals surface area (Å²) in [4.78, 5) is 20.0. The van der Waals surface area contributed by atoms with Crippen molar-refractivity contribution >= 4 is 44.2 Å². The van der Waals surface area contributed by atoms with E-state index in [9.17, 15) is 4.79 Å². The highest BCUT2D eigenvalue weighted by molar-refractivity contribution is 7.22. The molecule has 0 saturated heterocycles. The molecule has 2 aliphatic carbocycles. The Bertz CT molecular complexity index is 1000. The van der Waals surface area contributed by atoms with Gasteiger partial charge in [0.15, 0.2) is 5.13 Å². The second-order valence-electron chi connectivity index (χ2n) is 8.21. The Morgan fingerprint density at radius 3 is 2.75 bits per heavy atom. The maximum absolute atomic E-state index is 13.4. The molecule has 144 valence electrons. The number of carbonyl (C=O) groups is 1. The van der Waals surface area contributed by atoms with E-state index in [0.29, 0.717) is 23.9 Å². The number of aromatic nitrogens is 1. The average Bonchev–Trinajstić information content (AvgIpc) is 3.41. The van der Waals surface area contributed by atoms with Gasteiger partial charge < -0.3 is 0 Å². The topological polar surface area (TPSA) is 33.2 Å². The van der Waals surface area contributed by atoms with Crippen molar-refractivity contribution in [3.63, 3.8) is 0 Å². The summed E-state index contributed by atoms with van der Waals surface area (Å²) >= 11 is 7.70. The van der Waals surface area contributed by atoms with Crippen LogP contribution >= 0.6 is 22.9 Å². The molecule has 1 amide bonds. The molecule has 2 saturated carbocycles. The molecule has 1 heterocycles. The van der Waals surface area contributed by atoms with Gasteiger partial charge in [-0.15, -0.1) is 0 Å². The van der Waals surface area contributed by atoms with Crippen LogP contribution in [0.3, 0.4) is 0 Å². The Morgan fingerprint density at radius 2 is 2.00 bits per heavy atom. The molecule has 2 aliphatic rings. The van der Waals surface area contributed by atoms with E-state index >= 15 is 0 Å². The lowest BCUT2D eigenvalue weighted by molar-refractivity contribution is -0.120. The maximum Gasteiger partial charge on any atom is 0.229 e. The Kier molecular flexibility index (Phi) is 4.85. The Morgan fingerprint density at radius 1 is 1.14 bits per heavy atom. The van der Waals surface area contributed by atoms with E-state index in [-0.39, 0.29) is 5.91 Å². The molecular weight excluding hydrogens is 388 g/mol. The van der Waals surface area contributed by atoms with Gasteiger partial charge in [0.25, 0.3) is 0 Å². The summed E-state index contributed by atoms with van der Waals surface area (Å²) in [5.74, 6) is 2.36. The third-order valence-corrected chi connectivity index (χ3v) is 7.65. The quantitative estimate of drug-likeness (QED) is 0.493. The van der Waals surface area contributed by atoms with Gasteiger partial charge in [0, 0.05) is 11.4 Å². The molecule has 28 heavy (non-hydrogen) atoms. The number of carbonyl (C=O) groups excluding carboxylic acids is 1. The summed E-state index contributed by atoms with van der Waals surface area (Å²) in [5.41, 5.74) is 2.02. The lowest BCUT2D eigenvalue weighted by Crippen LogP contribution is -2.32. The summed E-state index contributed by atoms with van der Waals surface area (Å²) in [7, 11) is 0. The van der Waals surface area contributed by atoms with Crippen LogP contribution in [0.5, 0.6) is 0 Å². The lowest BCUT2D eigenvalue weighted by atomic mass is 9.86. The molecule has 5 rings (SSSR count). The number of hydrogen-bond acceptors (Lipinski definition) is 3. The highest BCUT2D eigenvalue weighted by Gasteiger charge is 2.41. The molecule has 0 aliphatic heterocycles. The van der Waals surface area contributed by atoms with Crippen LogP contribution < -0.4 is 4.90 Å². The first-order valence-electron chi connectivity index (χ1n) is 10.1. The predicted molar refractivity (Wildman–Crippen MR) is 116 cm³/mol. The van der Waals surface area contributed by atoms with Gasteiger partial charge in [-0.1, -0.05) is 59.7 Å². The van der Waals surface area contributed by atoms with Crippen LogP contribution in [-0.4, -0.2) is 10.9 Å². The second-order valence-corrected chi connectivity index (χ2v) is 9.66. The van der Waals surface area contributed by atoms with Gasteiger partial charge in [-0.05, 0) is 60.8 Å². The number of thiazole rings is 1. The van der Waals surface area contributed by atoms with Crippen molar-refractivity contribution in [1.29, 1.82) is 0 Å². The highest BCUT2D eigenvalue weighted by atomic mass is 35.5. The summed E-state index contributed by atoms with van der Waals surface area (Å²) < 4.78 is 1.02. The third kappa shape index (κ3) is 3.56. The van der Waals surface area contributed by atoms with Gasteiger partial charge in [-0.2, -0.15) is 0 Å². The zero-order valence-corrected chi connectivity index (χ0v) is 17.3. The van der Waals surface area contributed by atoms with Crippen LogP contribution in [0, 0.1) is 17.8 Å². The zero-order valence-electron chi connectivity index (χ0n) is 15.7. The summed E-state index contributed by atoms with van der Waals surface area (Å²) in [6, 6.07) is 15.9. The van der Waals surface area contributed by atoms with Crippen LogP contribution in [0.1, 0.15) is 37.7 Å². The minimum Gasteiger partial charge on any atom is -0.284 e. The maximum atomic E-state index is 13.4. The number of halogens is 1. The van der Waals surface area contributed by atoms with E-state index in [1.165, 1.54) is 25.7 Å². The third-order valence-electron chi connectivity index (χ3n) is 6.38. The minimum atomic E-state index is 0.201. The molecule has 0 unspecified atom stereocenters. The molecule has 2 aromatic carbocycles. The monoisotopic (exact) mass is 410 g/mol. The van der Waals surface area contributed by atoms with E-state index in [2.05, 4.69) is 12.1 Å². The van der Waals surface area contributed by atoms with Gasteiger partial charge in [-0.25, -0.2) is 4.98 Å². The summed E-state index contributed by atoms with van der Waals surface area (Å²) in [6.45, 7) is 0.564. The first-order valence-corrected chi connectivity index (χ1v) is 11.3. The van der Waals surface area contributed by atoms with Gasteiger partial charge >= 0.3 is 0 Å². The molecule has 0 N–H and O–H groups in total. The smallest absolute Gasteiger partial charge is 0.229 e. The lowest BCUT2D eigenvalue weighted by Gasteiger charge is -2.25. The largest absolute Gasteiger partial charge is 0.284 e. The zero-order chi connectivity index (χ0) is 19.1. The fourth-order valence-corrected chi connectivity index (χ4v) is 6.25. The van der Waals surface area contributed by atoms with Crippen LogP contribution in [0.4, 0.5) is 5.13 Å². The van der Waals surface area contributed by atoms with Crippen molar-refractivity contribution in [3.8, 4) is 0 Å². The van der Waals surface area contributed by atoms with Crippen molar-refractivity contribution in [2.24, 2.45) is 17.8 Å². The number of fused-ring (bicyclic) bond motifs is 3. The highest BCUT2D eigenvalue weighted by Crippen LogP contribution is 2.49. The van der Waals surface area contributed by atoms with Gasteiger partial charge in [-0.3, -0.25) is 9.69 Å². The van der Waals surface area contributed by atoms with Crippen LogP contribution in [0.2, 0.25) is 5.02 Å². The number of benzene rings is 2. The molecule has 3 atom stereocenters. The van der Waals surface area contributed by atoms with E-state index in [1.807, 2.05) is 41.3 Å². The van der Waals surface area contributed by atoms with Gasteiger partial charge in [0.1, 0.15) is 0 Å². The Labute approximate surface area is 174 Å². The molecule has 2 bridgehead atoms. The molecule has 5 heteroatoms. The van der Waals surface area contributed by atoms with Crippen molar-refractivity contribution < 1.29 is 4.79 Å². The van der Waals surface area contributed by atoms with Crippen LogP contribution in [0.15, 0.2) is 48.5 Å². The number of amides is 1. The molecule has 0 radical (unpaired) electrons. The molecule has 2 fully saturated rings. The Balaban J connectivity index is 1.44. The summed E-state index contributed by atoms with van der Waals surface area (Å²) in [6.07, 6.45) is 5.87. The van der Waals surface area contributed by atoms with Crippen LogP contribution in [0.25, 0.3) is 10.2 Å². The van der Waals surface area contributed by atoms with Gasteiger partial charge in [0.2, 0.25) is 5.91 Å². The second kappa shape index (κ2) is 7.49. The number of anilines is 1. The van der Waals surface area contributed by atoms with Crippen molar-refractivity contribution in [3.05, 3.63) is 59.1 Å². The van der Waals surface area contributed by atoms with Crippen molar-refractivity contribution in [2.45, 2.75) is 38.6 Å². The Hall–Kier alpha value is -1.91. The first kappa shape index (κ1) is 18.1. The molecule has 3 nitrogen and oxygen atoms in total. The van der Waals surface area contributed by atoms with Crippen molar-refractivity contribution in [1.82, 2.24) is 4.98 Å². The van der Waals surface area contributed by atoms with Crippen LogP contribution in [-0.2, 0) is 11.3 Å². The fraction of sp³-hybridized carbons (Fsp3) is 0.391. The minimum absolute atomic E-state index is 0.201. The molecule has 1 aromatic heterocycles. The summed E-state index contributed by atoms with van der Waals surface area (Å²) in [5, 5.41) is 1.47. The number of hydrogen-bond donors (Lipinski definition) is 0. The van der Waals surface area contributed by atoms with E-state index in [1.54, 1.807) is 11.3 Å². The van der Waals surface area contributed by atoms with Crippen molar-refractivity contribution in [2.75, 3.05) is 4.90 Å². The van der Waals surface area contributed by atoms with Gasteiger partial charge in [0.05, 0.1) is 16.8 Å². The predicted octanol–water partition coefficient (Wildman–Crippen LogP) is 6.31. The van der Waals surface area contributed by atoms with E-state index < -0.39 is 0 Å². The fourth-order valence-electron chi connectivity index (χ4n) is 4.99. The van der Waals surface area contributed by atoms with E-state index in [0.717, 1.165) is 32.7 Å². The molecule has 3 aromatic rings. The average molecular weight is 411 g/mol. The number of rotatable bonds is 5. The molecular formula is C23H23ClN2OS. The SMILES string of the molecule is O=C(C[C@@H]1C[C@H]2CC[C@H]1C2)N(Cc1ccccc1)c1nc2ccc(Cl)cc2s1. The molecule has 0 spiro atoms. The number of nitrogens with zero attached hydrogens (tertiary/aromatic N) is 2. The van der Waals surface area contributed by atoms with E-state index in [4.69, 9.17) is 16.6 Å².